The fourth-order valence-electron chi connectivity index (χ4n) is 2.44. The van der Waals surface area contributed by atoms with Crippen LogP contribution in [-0.2, 0) is 4.79 Å². The molecule has 0 bridgehead atoms. The zero-order valence-corrected chi connectivity index (χ0v) is 14.6. The second-order valence-electron chi connectivity index (χ2n) is 5.75. The first kappa shape index (κ1) is 19.0. The van der Waals surface area contributed by atoms with Crippen LogP contribution in [0.3, 0.4) is 0 Å². The number of rotatable bonds is 6. The van der Waals surface area contributed by atoms with Crippen molar-refractivity contribution in [3.8, 4) is 5.75 Å². The van der Waals surface area contributed by atoms with E-state index in [2.05, 4.69) is 10.6 Å². The molecule has 3 rings (SSSR count). The molecule has 2 N–H and O–H groups in total. The minimum Gasteiger partial charge on any atom is -0.483 e. The number of para-hydroxylation sites is 3. The lowest BCUT2D eigenvalue weighted by atomic mass is 10.2. The lowest BCUT2D eigenvalue weighted by Crippen LogP contribution is -2.22. The van der Waals surface area contributed by atoms with Gasteiger partial charge in [-0.25, -0.2) is 8.78 Å². The van der Waals surface area contributed by atoms with Crippen molar-refractivity contribution in [1.29, 1.82) is 0 Å². The monoisotopic (exact) mass is 382 g/mol. The van der Waals surface area contributed by atoms with E-state index in [1.54, 1.807) is 42.5 Å². The molecule has 0 radical (unpaired) electrons. The number of anilines is 2. The van der Waals surface area contributed by atoms with Crippen LogP contribution in [0.5, 0.6) is 5.75 Å². The van der Waals surface area contributed by atoms with Gasteiger partial charge in [-0.1, -0.05) is 36.4 Å². The Hall–Kier alpha value is -3.74. The van der Waals surface area contributed by atoms with Gasteiger partial charge in [-0.3, -0.25) is 9.59 Å². The van der Waals surface area contributed by atoms with Crippen LogP contribution in [0.1, 0.15) is 10.4 Å². The van der Waals surface area contributed by atoms with Gasteiger partial charge in [0.25, 0.3) is 11.8 Å². The molecule has 0 aliphatic heterocycles. The zero-order valence-electron chi connectivity index (χ0n) is 14.6. The van der Waals surface area contributed by atoms with Crippen LogP contribution in [0.15, 0.2) is 72.8 Å². The van der Waals surface area contributed by atoms with E-state index in [1.807, 2.05) is 6.07 Å². The van der Waals surface area contributed by atoms with Gasteiger partial charge in [0, 0.05) is 5.69 Å². The van der Waals surface area contributed by atoms with Crippen LogP contribution in [0.2, 0.25) is 0 Å². The second kappa shape index (κ2) is 8.77. The zero-order chi connectivity index (χ0) is 19.9. The Kier molecular flexibility index (Phi) is 5.96. The Labute approximate surface area is 160 Å². The maximum atomic E-state index is 13.6. The Morgan fingerprint density at radius 2 is 1.43 bits per heavy atom. The van der Waals surface area contributed by atoms with Crippen molar-refractivity contribution in [2.24, 2.45) is 0 Å². The van der Waals surface area contributed by atoms with E-state index >= 15 is 0 Å². The lowest BCUT2D eigenvalue weighted by molar-refractivity contribution is -0.118. The molecular formula is C21H16F2N2O3. The standard InChI is InChI=1S/C21H16F2N2O3/c22-16-10-6-11-17(23)20(16)25-19(26)13-28-18-12-5-4-9-15(18)21(27)24-14-7-2-1-3-8-14/h1-12H,13H2,(H,24,27)(H,25,26). The smallest absolute Gasteiger partial charge is 0.262 e. The summed E-state index contributed by atoms with van der Waals surface area (Å²) < 4.78 is 32.6. The molecule has 7 heteroatoms. The number of carbonyl (C=O) groups is 2. The Bertz CT molecular complexity index is 974. The summed E-state index contributed by atoms with van der Waals surface area (Å²) in [5.74, 6) is -2.79. The number of benzene rings is 3. The fraction of sp³-hybridized carbons (Fsp3) is 0.0476. The van der Waals surface area contributed by atoms with Gasteiger partial charge in [-0.15, -0.1) is 0 Å². The maximum absolute atomic E-state index is 13.6. The van der Waals surface area contributed by atoms with Gasteiger partial charge in [-0.05, 0) is 36.4 Å². The Morgan fingerprint density at radius 1 is 0.786 bits per heavy atom. The minimum atomic E-state index is -0.893. The molecule has 142 valence electrons. The first-order valence-electron chi connectivity index (χ1n) is 8.36. The molecule has 0 aliphatic rings. The van der Waals surface area contributed by atoms with Crippen LogP contribution < -0.4 is 15.4 Å². The average Bonchev–Trinajstić information content (AvgIpc) is 2.70. The average molecular weight is 382 g/mol. The van der Waals surface area contributed by atoms with Crippen molar-refractivity contribution in [3.63, 3.8) is 0 Å². The highest BCUT2D eigenvalue weighted by molar-refractivity contribution is 6.06. The van der Waals surface area contributed by atoms with Crippen LogP contribution in [0.25, 0.3) is 0 Å². The molecule has 2 amide bonds. The number of nitrogens with one attached hydrogen (secondary N) is 2. The Morgan fingerprint density at radius 3 is 2.14 bits per heavy atom. The number of hydrogen-bond acceptors (Lipinski definition) is 3. The molecule has 3 aromatic carbocycles. The number of ether oxygens (including phenoxy) is 1. The summed E-state index contributed by atoms with van der Waals surface area (Å²) in [6.07, 6.45) is 0. The molecular weight excluding hydrogens is 366 g/mol. The van der Waals surface area contributed by atoms with E-state index in [-0.39, 0.29) is 11.3 Å². The molecule has 0 atom stereocenters. The fourth-order valence-corrected chi connectivity index (χ4v) is 2.44. The van der Waals surface area contributed by atoms with Gasteiger partial charge in [0.2, 0.25) is 0 Å². The summed E-state index contributed by atoms with van der Waals surface area (Å²) in [6.45, 7) is -0.524. The van der Waals surface area contributed by atoms with E-state index in [4.69, 9.17) is 4.74 Å². The summed E-state index contributed by atoms with van der Waals surface area (Å²) in [7, 11) is 0. The van der Waals surface area contributed by atoms with Gasteiger partial charge in [0.15, 0.2) is 6.61 Å². The molecule has 3 aromatic rings. The third kappa shape index (κ3) is 4.70. The van der Waals surface area contributed by atoms with E-state index in [9.17, 15) is 18.4 Å². The molecule has 0 fully saturated rings. The van der Waals surface area contributed by atoms with Crippen LogP contribution in [-0.4, -0.2) is 18.4 Å². The lowest BCUT2D eigenvalue weighted by Gasteiger charge is -2.12. The molecule has 0 aromatic heterocycles. The molecule has 0 spiro atoms. The normalized spacial score (nSPS) is 10.2. The van der Waals surface area contributed by atoms with Crippen molar-refractivity contribution in [1.82, 2.24) is 0 Å². The van der Waals surface area contributed by atoms with E-state index < -0.39 is 35.7 Å². The van der Waals surface area contributed by atoms with Crippen LogP contribution >= 0.6 is 0 Å². The minimum absolute atomic E-state index is 0.167. The highest BCUT2D eigenvalue weighted by atomic mass is 19.1. The third-order valence-corrected chi connectivity index (χ3v) is 3.75. The van der Waals surface area contributed by atoms with Gasteiger partial charge >= 0.3 is 0 Å². The van der Waals surface area contributed by atoms with Gasteiger partial charge in [0.05, 0.1) is 5.56 Å². The van der Waals surface area contributed by atoms with Crippen LogP contribution in [0.4, 0.5) is 20.2 Å². The molecule has 0 heterocycles. The maximum Gasteiger partial charge on any atom is 0.262 e. The SMILES string of the molecule is O=C(COc1ccccc1C(=O)Nc1ccccc1)Nc1c(F)cccc1F. The van der Waals surface area contributed by atoms with E-state index in [0.717, 1.165) is 12.1 Å². The van der Waals surface area contributed by atoms with Crippen molar-refractivity contribution in [3.05, 3.63) is 90.0 Å². The largest absolute Gasteiger partial charge is 0.483 e. The molecule has 5 nitrogen and oxygen atoms in total. The quantitative estimate of drug-likeness (QED) is 0.670. The van der Waals surface area contributed by atoms with Crippen molar-refractivity contribution < 1.29 is 23.1 Å². The van der Waals surface area contributed by atoms with Crippen molar-refractivity contribution >= 4 is 23.2 Å². The van der Waals surface area contributed by atoms with Gasteiger partial charge in [0.1, 0.15) is 23.1 Å². The summed E-state index contributed by atoms with van der Waals surface area (Å²) in [5, 5.41) is 4.85. The molecule has 28 heavy (non-hydrogen) atoms. The van der Waals surface area contributed by atoms with Crippen molar-refractivity contribution in [2.75, 3.05) is 17.2 Å². The highest BCUT2D eigenvalue weighted by Gasteiger charge is 2.15. The van der Waals surface area contributed by atoms with Gasteiger partial charge in [-0.2, -0.15) is 0 Å². The Balaban J connectivity index is 1.66. The predicted octanol–water partition coefficient (Wildman–Crippen LogP) is 4.23. The van der Waals surface area contributed by atoms with Crippen LogP contribution in [0, 0.1) is 11.6 Å². The summed E-state index contributed by atoms with van der Waals surface area (Å²) in [5.41, 5.74) is 0.275. The predicted molar refractivity (Wildman–Crippen MR) is 101 cm³/mol. The molecule has 0 unspecified atom stereocenters. The van der Waals surface area contributed by atoms with Gasteiger partial charge < -0.3 is 15.4 Å². The first-order valence-corrected chi connectivity index (χ1v) is 8.36. The number of amides is 2. The summed E-state index contributed by atoms with van der Waals surface area (Å²) >= 11 is 0. The molecule has 0 saturated carbocycles. The van der Waals surface area contributed by atoms with E-state index in [0.29, 0.717) is 5.69 Å². The summed E-state index contributed by atoms with van der Waals surface area (Å²) in [4.78, 5) is 24.5. The highest BCUT2D eigenvalue weighted by Crippen LogP contribution is 2.21. The number of carbonyl (C=O) groups excluding carboxylic acids is 2. The second-order valence-corrected chi connectivity index (χ2v) is 5.75. The summed E-state index contributed by atoms with van der Waals surface area (Å²) in [6, 6.07) is 18.5. The first-order chi connectivity index (χ1) is 13.5. The number of hydrogen-bond donors (Lipinski definition) is 2. The third-order valence-electron chi connectivity index (χ3n) is 3.75. The molecule has 0 saturated heterocycles. The molecule has 0 aliphatic carbocycles. The van der Waals surface area contributed by atoms with E-state index in [1.165, 1.54) is 12.1 Å². The van der Waals surface area contributed by atoms with Crippen molar-refractivity contribution in [2.45, 2.75) is 0 Å². The topological polar surface area (TPSA) is 67.4 Å². The number of halogens is 2.